The molecule has 17 heteroatoms. The van der Waals surface area contributed by atoms with Crippen LogP contribution >= 0.6 is 19.6 Å². The molecule has 0 aromatic carbocycles. The van der Waals surface area contributed by atoms with Crippen molar-refractivity contribution in [2.45, 2.75) is 159 Å². The Morgan fingerprint density at radius 1 is 0.672 bits per heavy atom. The summed E-state index contributed by atoms with van der Waals surface area (Å²) in [5.74, 6) is -3.99. The Labute approximate surface area is 385 Å². The van der Waals surface area contributed by atoms with E-state index in [1.165, 1.54) is 31.0 Å². The van der Waals surface area contributed by atoms with Crippen LogP contribution in [-0.4, -0.2) is 99.2 Å². The number of esters is 2. The van der Waals surface area contributed by atoms with E-state index in [1.54, 1.807) is 18.2 Å². The predicted molar refractivity (Wildman–Crippen MR) is 254 cm³/mol. The lowest BCUT2D eigenvalue weighted by Crippen LogP contribution is -2.38. The van der Waals surface area contributed by atoms with E-state index < -0.39 is 81.1 Å². The van der Waals surface area contributed by atoms with Crippen molar-refractivity contribution in [3.05, 3.63) is 85.1 Å². The summed E-state index contributed by atoms with van der Waals surface area (Å²) in [4.78, 5) is 57.9. The molecule has 0 radical (unpaired) electrons. The number of hydrogen-bond acceptors (Lipinski definition) is 13. The second-order valence-corrected chi connectivity index (χ2v) is 17.7. The standard InChI is InChI=1S/C47H77N2O13PS/c1-3-5-7-9-11-13-15-17-18-19-21-23-25-27-29-34-45(53)62-39(36-60-63(57,58)61-37-40(48)46(54)55)35-59-47(56)41(49)38-64-43(42(50)31-30-33-44(51)52)32-28-26-24-22-20-16-14-12-10-8-6-4-2/h5,7,11-14,17-18,20,22,24,26,28,32,39-43,50H,3-4,6,8-10,15-16,19,21,23,25,27,29-31,33-38,48-49H2,1-2H3,(H,51,52)(H,54,55)(H,57,58)/b7-5-,13-11-,14-12-,18-17-,22-20-,26-24+,32-28+/t39-,40+,41+,42+,43-/m1/s1. The molecular weight excluding hydrogens is 864 g/mol. The molecule has 0 aromatic rings. The van der Waals surface area contributed by atoms with Crippen LogP contribution in [0.15, 0.2) is 85.1 Å². The van der Waals surface area contributed by atoms with E-state index in [2.05, 4.69) is 67.0 Å². The third-order valence-corrected chi connectivity index (χ3v) is 11.5. The first-order valence-corrected chi connectivity index (χ1v) is 25.1. The number of carbonyl (C=O) groups excluding carboxylic acids is 2. The minimum atomic E-state index is -4.86. The van der Waals surface area contributed by atoms with Crippen LogP contribution in [0.4, 0.5) is 0 Å². The van der Waals surface area contributed by atoms with Crippen molar-refractivity contribution in [3.8, 4) is 0 Å². The number of allylic oxidation sites excluding steroid dienone is 13. The summed E-state index contributed by atoms with van der Waals surface area (Å²) in [6.07, 6.45) is 39.9. The number of aliphatic carboxylic acids is 2. The van der Waals surface area contributed by atoms with Crippen LogP contribution in [0.3, 0.4) is 0 Å². The molecule has 0 aliphatic rings. The number of phosphoric ester groups is 1. The van der Waals surface area contributed by atoms with Crippen LogP contribution in [0.5, 0.6) is 0 Å². The largest absolute Gasteiger partial charge is 0.481 e. The Hall–Kier alpha value is -3.60. The van der Waals surface area contributed by atoms with Gasteiger partial charge in [0.1, 0.15) is 18.7 Å². The Morgan fingerprint density at radius 2 is 1.27 bits per heavy atom. The molecule has 0 amide bonds. The van der Waals surface area contributed by atoms with E-state index in [0.717, 1.165) is 64.2 Å². The molecule has 6 atom stereocenters. The van der Waals surface area contributed by atoms with Gasteiger partial charge in [-0.25, -0.2) is 4.57 Å². The number of carbonyl (C=O) groups is 4. The number of aliphatic hydroxyl groups is 1. The van der Waals surface area contributed by atoms with Gasteiger partial charge in [-0.3, -0.25) is 28.2 Å². The first-order chi connectivity index (χ1) is 30.7. The Bertz CT molecular complexity index is 1530. The van der Waals surface area contributed by atoms with Gasteiger partial charge in [0.25, 0.3) is 0 Å². The lowest BCUT2D eigenvalue weighted by molar-refractivity contribution is -0.161. The van der Waals surface area contributed by atoms with Gasteiger partial charge in [-0.2, -0.15) is 0 Å². The number of phosphoric acid groups is 1. The summed E-state index contributed by atoms with van der Waals surface area (Å²) in [5.41, 5.74) is 11.5. The third-order valence-electron chi connectivity index (χ3n) is 9.12. The molecule has 0 aliphatic carbocycles. The molecule has 64 heavy (non-hydrogen) atoms. The summed E-state index contributed by atoms with van der Waals surface area (Å²) in [5, 5.41) is 28.3. The molecule has 0 saturated carbocycles. The van der Waals surface area contributed by atoms with Crippen LogP contribution in [0.2, 0.25) is 0 Å². The minimum Gasteiger partial charge on any atom is -0.481 e. The molecule has 364 valence electrons. The molecule has 0 saturated heterocycles. The van der Waals surface area contributed by atoms with Crippen molar-refractivity contribution in [3.63, 3.8) is 0 Å². The van der Waals surface area contributed by atoms with Crippen molar-refractivity contribution in [2.24, 2.45) is 11.5 Å². The number of ether oxygens (including phenoxy) is 2. The van der Waals surface area contributed by atoms with Gasteiger partial charge in [-0.15, -0.1) is 11.8 Å². The highest BCUT2D eigenvalue weighted by Gasteiger charge is 2.29. The summed E-state index contributed by atoms with van der Waals surface area (Å²) < 4.78 is 32.8. The van der Waals surface area contributed by atoms with Gasteiger partial charge in [0, 0.05) is 23.8 Å². The average Bonchev–Trinajstić information content (AvgIpc) is 3.25. The van der Waals surface area contributed by atoms with Crippen molar-refractivity contribution in [2.75, 3.05) is 25.6 Å². The van der Waals surface area contributed by atoms with Gasteiger partial charge in [-0.1, -0.05) is 131 Å². The van der Waals surface area contributed by atoms with Gasteiger partial charge in [0.15, 0.2) is 6.10 Å². The smallest absolute Gasteiger partial charge is 0.472 e. The zero-order valence-corrected chi connectivity index (χ0v) is 39.7. The number of hydrogen-bond donors (Lipinski definition) is 6. The van der Waals surface area contributed by atoms with E-state index in [0.29, 0.717) is 6.42 Å². The van der Waals surface area contributed by atoms with Crippen LogP contribution < -0.4 is 11.5 Å². The molecule has 0 bridgehead atoms. The summed E-state index contributed by atoms with van der Waals surface area (Å²) in [6.45, 7) is 2.11. The number of thioether (sulfide) groups is 1. The molecule has 0 rings (SSSR count). The maximum absolute atomic E-state index is 13.0. The Balaban J connectivity index is 5.29. The number of carboxylic acid groups (broad SMARTS) is 2. The molecule has 0 aromatic heterocycles. The first-order valence-electron chi connectivity index (χ1n) is 22.6. The summed E-state index contributed by atoms with van der Waals surface area (Å²) in [7, 11) is -4.86. The zero-order valence-electron chi connectivity index (χ0n) is 38.0. The van der Waals surface area contributed by atoms with Crippen molar-refractivity contribution < 1.29 is 62.5 Å². The number of aliphatic hydroxyl groups excluding tert-OH is 1. The van der Waals surface area contributed by atoms with Crippen LogP contribution in [0.25, 0.3) is 0 Å². The second-order valence-electron chi connectivity index (χ2n) is 15.0. The van der Waals surface area contributed by atoms with Crippen LogP contribution in [0.1, 0.15) is 129 Å². The number of carboxylic acids is 2. The molecule has 1 unspecified atom stereocenters. The molecule has 8 N–H and O–H groups in total. The lowest BCUT2D eigenvalue weighted by atomic mass is 10.1. The van der Waals surface area contributed by atoms with E-state index in [-0.39, 0.29) is 31.4 Å². The number of nitrogens with two attached hydrogens (primary N) is 2. The number of unbranched alkanes of at least 4 members (excludes halogenated alkanes) is 8. The van der Waals surface area contributed by atoms with E-state index in [1.807, 2.05) is 18.2 Å². The minimum absolute atomic E-state index is 0.00661. The maximum Gasteiger partial charge on any atom is 0.472 e. The van der Waals surface area contributed by atoms with E-state index in [9.17, 15) is 33.7 Å². The quantitative estimate of drug-likeness (QED) is 0.0110. The fourth-order valence-corrected chi connectivity index (χ4v) is 7.36. The van der Waals surface area contributed by atoms with Crippen molar-refractivity contribution in [1.82, 2.24) is 0 Å². The van der Waals surface area contributed by atoms with Crippen molar-refractivity contribution >= 4 is 43.5 Å². The Morgan fingerprint density at radius 3 is 1.92 bits per heavy atom. The highest BCUT2D eigenvalue weighted by atomic mass is 32.2. The normalized spacial score (nSPS) is 15.8. The average molecular weight is 941 g/mol. The number of rotatable bonds is 41. The predicted octanol–water partition coefficient (Wildman–Crippen LogP) is 8.82. The van der Waals surface area contributed by atoms with Crippen LogP contribution in [-0.2, 0) is 42.3 Å². The van der Waals surface area contributed by atoms with Crippen molar-refractivity contribution in [1.29, 1.82) is 0 Å². The molecule has 0 fully saturated rings. The fraction of sp³-hybridized carbons (Fsp3) is 0.617. The SMILES string of the molecule is CC/C=C\C/C=C\C/C=C\CCCCCCCC(=O)O[C@H](COC(=O)[C@@H](N)CS[C@H](/C=C/C=C/C=C\C/C=C\CCCCC)[C@@H](O)CCCC(=O)O)COP(=O)(O)OC[C@H](N)C(=O)O. The first kappa shape index (κ1) is 60.4. The zero-order chi connectivity index (χ0) is 47.7. The van der Waals surface area contributed by atoms with Gasteiger partial charge in [0.05, 0.1) is 19.3 Å². The summed E-state index contributed by atoms with van der Waals surface area (Å²) >= 11 is 1.17. The highest BCUT2D eigenvalue weighted by molar-refractivity contribution is 8.00. The Kier molecular flexibility index (Phi) is 38.6. The molecule has 15 nitrogen and oxygen atoms in total. The fourth-order valence-electron chi connectivity index (χ4n) is 5.46. The monoisotopic (exact) mass is 940 g/mol. The van der Waals surface area contributed by atoms with Gasteiger partial charge in [-0.05, 0) is 70.6 Å². The van der Waals surface area contributed by atoms with Gasteiger partial charge < -0.3 is 41.2 Å². The molecule has 0 aliphatic heterocycles. The lowest BCUT2D eigenvalue weighted by Gasteiger charge is -2.22. The highest BCUT2D eigenvalue weighted by Crippen LogP contribution is 2.43. The van der Waals surface area contributed by atoms with Gasteiger partial charge in [0.2, 0.25) is 0 Å². The second kappa shape index (κ2) is 40.9. The van der Waals surface area contributed by atoms with Gasteiger partial charge >= 0.3 is 31.7 Å². The maximum atomic E-state index is 13.0. The van der Waals surface area contributed by atoms with Crippen LogP contribution in [0, 0.1) is 0 Å². The van der Waals surface area contributed by atoms with E-state index >= 15 is 0 Å². The van der Waals surface area contributed by atoms with E-state index in [4.69, 9.17) is 35.7 Å². The topological polar surface area (TPSA) is 255 Å². The molecule has 0 heterocycles. The summed E-state index contributed by atoms with van der Waals surface area (Å²) in [6, 6.07) is -2.80. The molecule has 0 spiro atoms. The third kappa shape index (κ3) is 37.7. The molecular formula is C47H77N2O13PS.